The molecule has 2 saturated carbocycles. The van der Waals surface area contributed by atoms with Crippen LogP contribution >= 0.6 is 0 Å². The number of nitrogens with zero attached hydrogens (tertiary/aromatic N) is 2. The number of imide groups is 1. The van der Waals surface area contributed by atoms with E-state index in [2.05, 4.69) is 11.4 Å². The third kappa shape index (κ3) is 4.12. The summed E-state index contributed by atoms with van der Waals surface area (Å²) in [7, 11) is 0. The van der Waals surface area contributed by atoms with Crippen LogP contribution in [0.4, 0.5) is 0 Å². The molecule has 1 heterocycles. The summed E-state index contributed by atoms with van der Waals surface area (Å²) in [5.41, 5.74) is -0.853. The minimum absolute atomic E-state index is 0.00669. The van der Waals surface area contributed by atoms with Crippen molar-refractivity contribution in [3.63, 3.8) is 0 Å². The summed E-state index contributed by atoms with van der Waals surface area (Å²) < 4.78 is 4.94. The van der Waals surface area contributed by atoms with Gasteiger partial charge in [-0.15, -0.1) is 0 Å². The van der Waals surface area contributed by atoms with E-state index in [9.17, 15) is 24.4 Å². The van der Waals surface area contributed by atoms with Crippen LogP contribution in [0.15, 0.2) is 0 Å². The van der Waals surface area contributed by atoms with Crippen LogP contribution in [0.25, 0.3) is 0 Å². The Labute approximate surface area is 158 Å². The van der Waals surface area contributed by atoms with Gasteiger partial charge in [0.05, 0.1) is 24.3 Å². The molecule has 3 fully saturated rings. The molecular formula is C19H25N3O5. The molecule has 0 aromatic heterocycles. The van der Waals surface area contributed by atoms with Crippen molar-refractivity contribution >= 4 is 23.7 Å². The number of nitrogens with one attached hydrogen (secondary N) is 1. The number of likely N-dealkylation sites (tertiary alicyclic amines) is 1. The molecule has 3 rings (SSSR count). The molecule has 27 heavy (non-hydrogen) atoms. The SMILES string of the molecule is N#CC1(NC(=O)COC(=O)CCN2C(=O)[C@H]3CCCC[C@H]3C2=O)CCCC1. The smallest absolute Gasteiger partial charge is 0.308 e. The zero-order chi connectivity index (χ0) is 19.4. The molecule has 3 aliphatic rings. The maximum absolute atomic E-state index is 12.3. The first-order valence-corrected chi connectivity index (χ1v) is 9.69. The molecule has 0 aromatic carbocycles. The number of nitriles is 1. The average Bonchev–Trinajstić information content (AvgIpc) is 3.23. The van der Waals surface area contributed by atoms with Gasteiger partial charge in [-0.3, -0.25) is 24.1 Å². The fourth-order valence-corrected chi connectivity index (χ4v) is 4.42. The van der Waals surface area contributed by atoms with Gasteiger partial charge < -0.3 is 10.1 Å². The van der Waals surface area contributed by atoms with Crippen LogP contribution in [-0.4, -0.2) is 47.3 Å². The van der Waals surface area contributed by atoms with Crippen LogP contribution in [0.2, 0.25) is 0 Å². The fourth-order valence-electron chi connectivity index (χ4n) is 4.42. The van der Waals surface area contributed by atoms with Gasteiger partial charge >= 0.3 is 5.97 Å². The topological polar surface area (TPSA) is 117 Å². The largest absolute Gasteiger partial charge is 0.456 e. The van der Waals surface area contributed by atoms with Crippen molar-refractivity contribution in [2.45, 2.75) is 63.3 Å². The van der Waals surface area contributed by atoms with E-state index in [1.54, 1.807) is 0 Å². The fraction of sp³-hybridized carbons (Fsp3) is 0.737. The number of amides is 3. The maximum atomic E-state index is 12.3. The molecule has 1 saturated heterocycles. The highest BCUT2D eigenvalue weighted by atomic mass is 16.5. The Balaban J connectivity index is 1.42. The molecule has 0 spiro atoms. The second-order valence-electron chi connectivity index (χ2n) is 7.69. The quantitative estimate of drug-likeness (QED) is 0.548. The van der Waals surface area contributed by atoms with Crippen molar-refractivity contribution in [2.24, 2.45) is 11.8 Å². The van der Waals surface area contributed by atoms with Crippen LogP contribution in [0.5, 0.6) is 0 Å². The van der Waals surface area contributed by atoms with E-state index in [-0.39, 0.29) is 36.6 Å². The Morgan fingerprint density at radius 1 is 1.11 bits per heavy atom. The first kappa shape index (κ1) is 19.3. The van der Waals surface area contributed by atoms with E-state index in [0.29, 0.717) is 12.8 Å². The molecule has 0 bridgehead atoms. The first-order chi connectivity index (χ1) is 13.0. The predicted octanol–water partition coefficient (Wildman–Crippen LogP) is 1.05. The average molecular weight is 375 g/mol. The number of esters is 1. The van der Waals surface area contributed by atoms with Crippen LogP contribution in [0, 0.1) is 23.2 Å². The lowest BCUT2D eigenvalue weighted by molar-refractivity contribution is -0.150. The summed E-state index contributed by atoms with van der Waals surface area (Å²) in [6, 6.07) is 2.14. The Bertz CT molecular complexity index is 653. The van der Waals surface area contributed by atoms with Gasteiger partial charge in [0.25, 0.3) is 5.91 Å². The third-order valence-electron chi connectivity index (χ3n) is 5.89. The minimum Gasteiger partial charge on any atom is -0.456 e. The number of rotatable bonds is 6. The zero-order valence-corrected chi connectivity index (χ0v) is 15.4. The van der Waals surface area contributed by atoms with Gasteiger partial charge in [0.2, 0.25) is 11.8 Å². The van der Waals surface area contributed by atoms with Crippen LogP contribution in [-0.2, 0) is 23.9 Å². The minimum atomic E-state index is -0.853. The monoisotopic (exact) mass is 375 g/mol. The van der Waals surface area contributed by atoms with E-state index >= 15 is 0 Å². The van der Waals surface area contributed by atoms with Gasteiger partial charge in [0.15, 0.2) is 6.61 Å². The van der Waals surface area contributed by atoms with Crippen molar-refractivity contribution < 1.29 is 23.9 Å². The van der Waals surface area contributed by atoms with Crippen LogP contribution < -0.4 is 5.32 Å². The standard InChI is InChI=1S/C19H25N3O5/c20-12-19(8-3-4-9-19)21-15(23)11-27-16(24)7-10-22-17(25)13-5-1-2-6-14(13)18(22)26/h13-14H,1-11H2,(H,21,23)/t13-,14+. The van der Waals surface area contributed by atoms with Crippen molar-refractivity contribution in [3.8, 4) is 6.07 Å². The number of hydrogen-bond donors (Lipinski definition) is 1. The highest BCUT2D eigenvalue weighted by Gasteiger charge is 2.47. The number of carbonyl (C=O) groups excluding carboxylic acids is 4. The van der Waals surface area contributed by atoms with Crippen molar-refractivity contribution in [3.05, 3.63) is 0 Å². The number of hydrogen-bond acceptors (Lipinski definition) is 6. The summed E-state index contributed by atoms with van der Waals surface area (Å²) in [6.07, 6.45) is 6.21. The van der Waals surface area contributed by atoms with Gasteiger partial charge in [-0.1, -0.05) is 12.8 Å². The van der Waals surface area contributed by atoms with Gasteiger partial charge in [-0.2, -0.15) is 5.26 Å². The Kier molecular flexibility index (Phi) is 5.78. The zero-order valence-electron chi connectivity index (χ0n) is 15.4. The Morgan fingerprint density at radius 2 is 1.70 bits per heavy atom. The summed E-state index contributed by atoms with van der Waals surface area (Å²) in [4.78, 5) is 49.7. The molecule has 8 heteroatoms. The van der Waals surface area contributed by atoms with Crippen molar-refractivity contribution in [1.82, 2.24) is 10.2 Å². The van der Waals surface area contributed by atoms with Crippen molar-refractivity contribution in [1.29, 1.82) is 5.26 Å². The Morgan fingerprint density at radius 3 is 2.26 bits per heavy atom. The Hall–Kier alpha value is -2.43. The highest BCUT2D eigenvalue weighted by Crippen LogP contribution is 2.38. The molecule has 1 aliphatic heterocycles. The normalized spacial score (nSPS) is 26.4. The van der Waals surface area contributed by atoms with Gasteiger partial charge in [-0.05, 0) is 38.5 Å². The molecule has 8 nitrogen and oxygen atoms in total. The van der Waals surface area contributed by atoms with Crippen LogP contribution in [0.3, 0.4) is 0 Å². The molecule has 0 unspecified atom stereocenters. The molecule has 2 atom stereocenters. The predicted molar refractivity (Wildman–Crippen MR) is 92.7 cm³/mol. The highest BCUT2D eigenvalue weighted by molar-refractivity contribution is 6.05. The van der Waals surface area contributed by atoms with E-state index in [4.69, 9.17) is 4.74 Å². The first-order valence-electron chi connectivity index (χ1n) is 9.69. The number of carbonyl (C=O) groups is 4. The van der Waals surface area contributed by atoms with E-state index in [0.717, 1.165) is 38.5 Å². The molecule has 1 N–H and O–H groups in total. The summed E-state index contributed by atoms with van der Waals surface area (Å²) >= 11 is 0. The van der Waals surface area contributed by atoms with E-state index in [1.165, 1.54) is 4.90 Å². The molecule has 0 aromatic rings. The summed E-state index contributed by atoms with van der Waals surface area (Å²) in [5, 5.41) is 11.9. The third-order valence-corrected chi connectivity index (χ3v) is 5.89. The molecular weight excluding hydrogens is 350 g/mol. The summed E-state index contributed by atoms with van der Waals surface area (Å²) in [6.45, 7) is -0.470. The maximum Gasteiger partial charge on any atom is 0.308 e. The van der Waals surface area contributed by atoms with Gasteiger partial charge in [-0.25, -0.2) is 0 Å². The number of ether oxygens (including phenoxy) is 1. The van der Waals surface area contributed by atoms with Crippen LogP contribution in [0.1, 0.15) is 57.8 Å². The lowest BCUT2D eigenvalue weighted by Crippen LogP contribution is -2.46. The molecule has 0 radical (unpaired) electrons. The second kappa shape index (κ2) is 8.07. The van der Waals surface area contributed by atoms with Crippen molar-refractivity contribution in [2.75, 3.05) is 13.2 Å². The number of fused-ring (bicyclic) bond motifs is 1. The van der Waals surface area contributed by atoms with Gasteiger partial charge in [0, 0.05) is 6.54 Å². The lowest BCUT2D eigenvalue weighted by Gasteiger charge is -2.21. The molecule has 3 amide bonds. The van der Waals surface area contributed by atoms with Gasteiger partial charge in [0.1, 0.15) is 5.54 Å². The van der Waals surface area contributed by atoms with E-state index < -0.39 is 24.0 Å². The molecule has 146 valence electrons. The molecule has 2 aliphatic carbocycles. The second-order valence-corrected chi connectivity index (χ2v) is 7.69. The summed E-state index contributed by atoms with van der Waals surface area (Å²) in [5.74, 6) is -1.99. The lowest BCUT2D eigenvalue weighted by atomic mass is 9.81. The van der Waals surface area contributed by atoms with E-state index in [1.807, 2.05) is 0 Å².